The van der Waals surface area contributed by atoms with E-state index in [0.29, 0.717) is 13.2 Å². The molecule has 0 fully saturated rings. The third kappa shape index (κ3) is 3.15. The number of hydrogen-bond acceptors (Lipinski definition) is 2. The highest BCUT2D eigenvalue weighted by molar-refractivity contribution is 7.80. The standard InChI is InChI=1S/C12H13NOS/c15-12-6-11(13-7-12)9-14-8-10-4-2-1-3-5-10/h1-7,13,15H,8-9H2. The molecule has 0 unspecified atom stereocenters. The lowest BCUT2D eigenvalue weighted by molar-refractivity contribution is 0.105. The summed E-state index contributed by atoms with van der Waals surface area (Å²) in [4.78, 5) is 4.03. The van der Waals surface area contributed by atoms with Crippen LogP contribution in [0.1, 0.15) is 11.3 Å². The summed E-state index contributed by atoms with van der Waals surface area (Å²) >= 11 is 4.21. The fourth-order valence-corrected chi connectivity index (χ4v) is 1.59. The lowest BCUT2D eigenvalue weighted by Crippen LogP contribution is -1.93. The third-order valence-corrected chi connectivity index (χ3v) is 2.35. The molecular weight excluding hydrogens is 206 g/mol. The van der Waals surface area contributed by atoms with Gasteiger partial charge in [0.1, 0.15) is 0 Å². The van der Waals surface area contributed by atoms with Gasteiger partial charge >= 0.3 is 0 Å². The number of benzene rings is 1. The van der Waals surface area contributed by atoms with Crippen LogP contribution in [-0.2, 0) is 18.0 Å². The number of ether oxygens (including phenoxy) is 1. The molecule has 78 valence electrons. The van der Waals surface area contributed by atoms with Crippen molar-refractivity contribution in [3.8, 4) is 0 Å². The van der Waals surface area contributed by atoms with Crippen LogP contribution in [0, 0.1) is 0 Å². The van der Waals surface area contributed by atoms with Crippen LogP contribution in [0.2, 0.25) is 0 Å². The van der Waals surface area contributed by atoms with Gasteiger partial charge in [-0.15, -0.1) is 12.6 Å². The molecule has 0 radical (unpaired) electrons. The maximum absolute atomic E-state index is 5.55. The lowest BCUT2D eigenvalue weighted by Gasteiger charge is -2.02. The van der Waals surface area contributed by atoms with Crippen molar-refractivity contribution < 1.29 is 4.74 Å². The van der Waals surface area contributed by atoms with Gasteiger partial charge in [0.25, 0.3) is 0 Å². The quantitative estimate of drug-likeness (QED) is 0.759. The minimum absolute atomic E-state index is 0.593. The van der Waals surface area contributed by atoms with Crippen LogP contribution in [0.25, 0.3) is 0 Å². The zero-order valence-electron chi connectivity index (χ0n) is 8.31. The summed E-state index contributed by atoms with van der Waals surface area (Å²) in [7, 11) is 0. The molecule has 0 bridgehead atoms. The van der Waals surface area contributed by atoms with E-state index in [1.54, 1.807) is 0 Å². The van der Waals surface area contributed by atoms with E-state index in [2.05, 4.69) is 29.7 Å². The maximum Gasteiger partial charge on any atom is 0.0870 e. The van der Waals surface area contributed by atoms with Crippen molar-refractivity contribution in [2.24, 2.45) is 0 Å². The third-order valence-electron chi connectivity index (χ3n) is 2.10. The first-order valence-corrected chi connectivity index (χ1v) is 5.27. The van der Waals surface area contributed by atoms with Gasteiger partial charge in [-0.1, -0.05) is 30.3 Å². The average Bonchev–Trinajstić information content (AvgIpc) is 2.66. The van der Waals surface area contributed by atoms with Crippen molar-refractivity contribution >= 4 is 12.6 Å². The predicted molar refractivity (Wildman–Crippen MR) is 63.0 cm³/mol. The number of thiol groups is 1. The molecule has 0 spiro atoms. The second-order valence-electron chi connectivity index (χ2n) is 3.36. The molecule has 2 nitrogen and oxygen atoms in total. The Balaban J connectivity index is 1.80. The number of rotatable bonds is 4. The molecule has 0 amide bonds. The molecular formula is C12H13NOS. The zero-order valence-corrected chi connectivity index (χ0v) is 9.21. The van der Waals surface area contributed by atoms with E-state index < -0.39 is 0 Å². The minimum Gasteiger partial charge on any atom is -0.371 e. The first-order valence-electron chi connectivity index (χ1n) is 4.82. The van der Waals surface area contributed by atoms with Gasteiger partial charge in [-0.2, -0.15) is 0 Å². The monoisotopic (exact) mass is 219 g/mol. The summed E-state index contributed by atoms with van der Waals surface area (Å²) < 4.78 is 5.55. The molecule has 0 saturated carbocycles. The molecule has 1 N–H and O–H groups in total. The van der Waals surface area contributed by atoms with Gasteiger partial charge in [-0.3, -0.25) is 0 Å². The molecule has 2 aromatic rings. The Morgan fingerprint density at radius 2 is 1.93 bits per heavy atom. The molecule has 3 heteroatoms. The molecule has 15 heavy (non-hydrogen) atoms. The van der Waals surface area contributed by atoms with Gasteiger partial charge in [0.2, 0.25) is 0 Å². The Morgan fingerprint density at radius 1 is 1.13 bits per heavy atom. The van der Waals surface area contributed by atoms with Gasteiger partial charge in [0.05, 0.1) is 13.2 Å². The molecule has 0 saturated heterocycles. The maximum atomic E-state index is 5.55. The van der Waals surface area contributed by atoms with E-state index in [1.807, 2.05) is 30.5 Å². The molecule has 0 aliphatic rings. The Labute approximate surface area is 94.7 Å². The van der Waals surface area contributed by atoms with Crippen molar-refractivity contribution in [2.75, 3.05) is 0 Å². The molecule has 0 aliphatic carbocycles. The van der Waals surface area contributed by atoms with E-state index in [9.17, 15) is 0 Å². The number of hydrogen-bond donors (Lipinski definition) is 2. The first-order chi connectivity index (χ1) is 7.34. The van der Waals surface area contributed by atoms with Crippen LogP contribution in [0.5, 0.6) is 0 Å². The highest BCUT2D eigenvalue weighted by Crippen LogP contribution is 2.09. The Kier molecular flexibility index (Phi) is 3.48. The fourth-order valence-electron chi connectivity index (χ4n) is 1.36. The molecule has 1 heterocycles. The molecule has 0 atom stereocenters. The summed E-state index contributed by atoms with van der Waals surface area (Å²) in [6, 6.07) is 12.1. The SMILES string of the molecule is Sc1c[nH]c(COCc2ccccc2)c1. The highest BCUT2D eigenvalue weighted by Gasteiger charge is 1.96. The first kappa shape index (κ1) is 10.3. The van der Waals surface area contributed by atoms with Crippen LogP contribution in [0.15, 0.2) is 47.5 Å². The van der Waals surface area contributed by atoms with Gasteiger partial charge in [-0.05, 0) is 11.6 Å². The molecule has 1 aromatic carbocycles. The lowest BCUT2D eigenvalue weighted by atomic mass is 10.2. The fraction of sp³-hybridized carbons (Fsp3) is 0.167. The van der Waals surface area contributed by atoms with Gasteiger partial charge in [0, 0.05) is 16.8 Å². The Bertz CT molecular complexity index is 411. The van der Waals surface area contributed by atoms with E-state index in [-0.39, 0.29) is 0 Å². The summed E-state index contributed by atoms with van der Waals surface area (Å²) in [5, 5.41) is 0. The number of aromatic nitrogens is 1. The van der Waals surface area contributed by atoms with Crippen molar-refractivity contribution in [3.05, 3.63) is 53.9 Å². The van der Waals surface area contributed by atoms with Crippen LogP contribution in [-0.4, -0.2) is 4.98 Å². The minimum atomic E-state index is 0.593. The summed E-state index contributed by atoms with van der Waals surface area (Å²) in [6.07, 6.45) is 1.85. The van der Waals surface area contributed by atoms with E-state index in [4.69, 9.17) is 4.74 Å². The number of aromatic amines is 1. The molecule has 2 rings (SSSR count). The van der Waals surface area contributed by atoms with Crippen LogP contribution in [0.4, 0.5) is 0 Å². The second-order valence-corrected chi connectivity index (χ2v) is 3.88. The number of H-pyrrole nitrogens is 1. The predicted octanol–water partition coefficient (Wildman–Crippen LogP) is 3.02. The van der Waals surface area contributed by atoms with E-state index in [0.717, 1.165) is 10.6 Å². The van der Waals surface area contributed by atoms with Crippen molar-refractivity contribution in [2.45, 2.75) is 18.1 Å². The zero-order chi connectivity index (χ0) is 10.5. The summed E-state index contributed by atoms with van der Waals surface area (Å²) in [5.74, 6) is 0. The normalized spacial score (nSPS) is 10.5. The van der Waals surface area contributed by atoms with Gasteiger partial charge in [0.15, 0.2) is 0 Å². The largest absolute Gasteiger partial charge is 0.371 e. The van der Waals surface area contributed by atoms with Gasteiger partial charge < -0.3 is 9.72 Å². The molecule has 1 aromatic heterocycles. The highest BCUT2D eigenvalue weighted by atomic mass is 32.1. The summed E-state index contributed by atoms with van der Waals surface area (Å²) in [6.45, 7) is 1.23. The van der Waals surface area contributed by atoms with Crippen molar-refractivity contribution in [1.29, 1.82) is 0 Å². The van der Waals surface area contributed by atoms with E-state index in [1.165, 1.54) is 5.56 Å². The van der Waals surface area contributed by atoms with Crippen LogP contribution in [0.3, 0.4) is 0 Å². The van der Waals surface area contributed by atoms with E-state index >= 15 is 0 Å². The van der Waals surface area contributed by atoms with Crippen LogP contribution < -0.4 is 0 Å². The van der Waals surface area contributed by atoms with Crippen LogP contribution >= 0.6 is 12.6 Å². The second kappa shape index (κ2) is 5.05. The topological polar surface area (TPSA) is 25.0 Å². The van der Waals surface area contributed by atoms with Gasteiger partial charge in [-0.25, -0.2) is 0 Å². The Hall–Kier alpha value is -1.19. The van der Waals surface area contributed by atoms with Crippen molar-refractivity contribution in [1.82, 2.24) is 4.98 Å². The summed E-state index contributed by atoms with van der Waals surface area (Å²) in [5.41, 5.74) is 2.24. The number of nitrogens with one attached hydrogen (secondary N) is 1. The Morgan fingerprint density at radius 3 is 2.60 bits per heavy atom. The smallest absolute Gasteiger partial charge is 0.0870 e. The average molecular weight is 219 g/mol. The molecule has 0 aliphatic heterocycles. The van der Waals surface area contributed by atoms with Crippen molar-refractivity contribution in [3.63, 3.8) is 0 Å².